The first-order valence-corrected chi connectivity index (χ1v) is 14.9. The van der Waals surface area contributed by atoms with Crippen molar-refractivity contribution < 1.29 is 23.8 Å². The van der Waals surface area contributed by atoms with Crippen LogP contribution in [-0.2, 0) is 22.4 Å². The van der Waals surface area contributed by atoms with Crippen LogP contribution in [0.15, 0.2) is 73.2 Å². The maximum atomic E-state index is 14.8. The fourth-order valence-electron chi connectivity index (χ4n) is 5.26. The quantitative estimate of drug-likeness (QED) is 0.166. The molecule has 0 aliphatic carbocycles. The molecular weight excluding hydrogens is 629 g/mol. The van der Waals surface area contributed by atoms with Crippen LogP contribution in [0.4, 0.5) is 20.6 Å². The number of halogens is 2. The second kappa shape index (κ2) is 13.8. The Labute approximate surface area is 272 Å². The maximum Gasteiger partial charge on any atom is 0.411 e. The lowest BCUT2D eigenvalue weighted by Crippen LogP contribution is -2.29. The van der Waals surface area contributed by atoms with Crippen molar-refractivity contribution in [1.82, 2.24) is 35.5 Å². The van der Waals surface area contributed by atoms with Crippen molar-refractivity contribution in [2.24, 2.45) is 0 Å². The molecule has 6 rings (SSSR count). The predicted octanol–water partition coefficient (Wildman–Crippen LogP) is 4.81. The van der Waals surface area contributed by atoms with Crippen molar-refractivity contribution in [2.75, 3.05) is 17.7 Å². The zero-order valence-electron chi connectivity index (χ0n) is 24.9. The molecule has 3 heterocycles. The Balaban J connectivity index is 1.34. The summed E-state index contributed by atoms with van der Waals surface area (Å²) in [4.78, 5) is 33.1. The summed E-state index contributed by atoms with van der Waals surface area (Å²) in [7, 11) is 1.26. The van der Waals surface area contributed by atoms with Gasteiger partial charge in [0.1, 0.15) is 24.2 Å². The van der Waals surface area contributed by atoms with E-state index in [4.69, 9.17) is 16.3 Å². The van der Waals surface area contributed by atoms with Crippen molar-refractivity contribution in [3.8, 4) is 16.9 Å². The van der Waals surface area contributed by atoms with Gasteiger partial charge in [0, 0.05) is 33.6 Å². The first kappa shape index (κ1) is 31.4. The number of aromatic amines is 1. The molecule has 1 aliphatic rings. The summed E-state index contributed by atoms with van der Waals surface area (Å²) in [5.74, 6) is -0.366. The third-order valence-corrected chi connectivity index (χ3v) is 7.78. The molecule has 2 atom stereocenters. The van der Waals surface area contributed by atoms with E-state index in [2.05, 4.69) is 41.4 Å². The summed E-state index contributed by atoms with van der Waals surface area (Å²) in [6.45, 7) is 0. The number of amides is 2. The van der Waals surface area contributed by atoms with E-state index in [1.807, 2.05) is 0 Å². The number of imidazole rings is 1. The second-order valence-corrected chi connectivity index (χ2v) is 11.2. The van der Waals surface area contributed by atoms with Crippen molar-refractivity contribution in [3.05, 3.63) is 107 Å². The number of methoxy groups -OCH3 is 1. The smallest absolute Gasteiger partial charge is 0.411 e. The highest BCUT2D eigenvalue weighted by Gasteiger charge is 2.22. The van der Waals surface area contributed by atoms with Gasteiger partial charge in [0.2, 0.25) is 5.91 Å². The molecule has 0 spiro atoms. The molecular formula is C32H29ClFN9O4. The van der Waals surface area contributed by atoms with E-state index in [1.165, 1.54) is 30.3 Å². The van der Waals surface area contributed by atoms with Gasteiger partial charge >= 0.3 is 6.09 Å². The van der Waals surface area contributed by atoms with Crippen LogP contribution >= 0.6 is 11.6 Å². The number of nitrogens with zero attached hydrogens (tertiary/aromatic N) is 5. The summed E-state index contributed by atoms with van der Waals surface area (Å²) >= 11 is 6.23. The van der Waals surface area contributed by atoms with Crippen LogP contribution in [0.25, 0.3) is 23.0 Å². The number of H-pyrrole nitrogens is 1. The van der Waals surface area contributed by atoms with Crippen LogP contribution in [0.5, 0.6) is 0 Å². The minimum absolute atomic E-state index is 0.198. The molecule has 3 aromatic carbocycles. The number of aliphatic hydroxyl groups is 1. The van der Waals surface area contributed by atoms with Crippen molar-refractivity contribution in [3.63, 3.8) is 0 Å². The van der Waals surface area contributed by atoms with Crippen LogP contribution in [0.2, 0.25) is 5.02 Å². The summed E-state index contributed by atoms with van der Waals surface area (Å²) in [6.07, 6.45) is 5.09. The number of anilines is 2. The number of fused-ring (bicyclic) bond motifs is 6. The predicted molar refractivity (Wildman–Crippen MR) is 172 cm³/mol. The number of carbonyl (C=O) groups excluding carboxylic acids is 2. The SMILES string of the molecule is COC(=O)Nc1ccc2c(c1)NC(O)CCc1cc(ccc1F)C[C@H](NC(=O)/C=C/c1cc(Cl)ccc1-n1cnnn1)c1ncc-2[nH]1. The highest BCUT2D eigenvalue weighted by Crippen LogP contribution is 2.32. The Bertz CT molecular complexity index is 1950. The summed E-state index contributed by atoms with van der Waals surface area (Å²) < 4.78 is 21.0. The molecule has 0 fully saturated rings. The molecule has 5 N–H and O–H groups in total. The minimum Gasteiger partial charge on any atom is -0.453 e. The number of nitrogens with one attached hydrogen (secondary N) is 4. The molecule has 1 aliphatic heterocycles. The van der Waals surface area contributed by atoms with Crippen LogP contribution in [0.1, 0.15) is 35.0 Å². The van der Waals surface area contributed by atoms with Gasteiger partial charge in [0.25, 0.3) is 0 Å². The number of tetrazole rings is 1. The molecule has 2 amide bonds. The molecule has 240 valence electrons. The number of hydrogen-bond donors (Lipinski definition) is 5. The average molecular weight is 658 g/mol. The summed E-state index contributed by atoms with van der Waals surface area (Å²) in [5, 5.41) is 31.3. The minimum atomic E-state index is -1.03. The van der Waals surface area contributed by atoms with E-state index in [9.17, 15) is 19.1 Å². The van der Waals surface area contributed by atoms with Gasteiger partial charge in [-0.25, -0.2) is 14.2 Å². The Hall–Kier alpha value is -5.60. The van der Waals surface area contributed by atoms with Gasteiger partial charge < -0.3 is 25.5 Å². The zero-order chi connectivity index (χ0) is 32.9. The first-order valence-electron chi connectivity index (χ1n) is 14.5. The van der Waals surface area contributed by atoms with Crippen LogP contribution in [0.3, 0.4) is 0 Å². The third kappa shape index (κ3) is 7.45. The van der Waals surface area contributed by atoms with Crippen LogP contribution in [0, 0.1) is 5.82 Å². The maximum absolute atomic E-state index is 14.8. The lowest BCUT2D eigenvalue weighted by atomic mass is 9.99. The number of carbonyl (C=O) groups is 2. The first-order chi connectivity index (χ1) is 22.7. The topological polar surface area (TPSA) is 172 Å². The van der Waals surface area contributed by atoms with Crippen molar-refractivity contribution in [1.29, 1.82) is 0 Å². The molecule has 15 heteroatoms. The van der Waals surface area contributed by atoms with Crippen molar-refractivity contribution >= 4 is 41.1 Å². The number of hydrogen-bond acceptors (Lipinski definition) is 9. The van der Waals surface area contributed by atoms with E-state index >= 15 is 0 Å². The van der Waals surface area contributed by atoms with Gasteiger partial charge in [-0.05, 0) is 89.4 Å². The number of aromatic nitrogens is 6. The van der Waals surface area contributed by atoms with E-state index in [0.717, 1.165) is 5.56 Å². The molecule has 47 heavy (non-hydrogen) atoms. The largest absolute Gasteiger partial charge is 0.453 e. The molecule has 1 unspecified atom stereocenters. The monoisotopic (exact) mass is 657 g/mol. The normalized spacial score (nSPS) is 16.1. The number of aryl methyl sites for hydroxylation is 1. The van der Waals surface area contributed by atoms with Gasteiger partial charge in [-0.2, -0.15) is 4.68 Å². The Morgan fingerprint density at radius 3 is 2.85 bits per heavy atom. The Morgan fingerprint density at radius 1 is 1.17 bits per heavy atom. The number of ether oxygens (including phenoxy) is 1. The highest BCUT2D eigenvalue weighted by atomic mass is 35.5. The third-order valence-electron chi connectivity index (χ3n) is 7.54. The summed E-state index contributed by atoms with van der Waals surface area (Å²) in [6, 6.07) is 14.3. The van der Waals surface area contributed by atoms with Gasteiger partial charge in [-0.1, -0.05) is 23.7 Å². The second-order valence-electron chi connectivity index (χ2n) is 10.7. The van der Waals surface area contributed by atoms with E-state index < -0.39 is 30.1 Å². The zero-order valence-corrected chi connectivity index (χ0v) is 25.7. The van der Waals surface area contributed by atoms with Crippen LogP contribution in [-0.4, -0.2) is 60.6 Å². The molecule has 0 saturated carbocycles. The molecule has 0 radical (unpaired) electrons. The average Bonchev–Trinajstić information content (AvgIpc) is 3.77. The van der Waals surface area contributed by atoms with Gasteiger partial charge in [-0.3, -0.25) is 10.1 Å². The number of aliphatic hydroxyl groups excluding tert-OH is 1. The Morgan fingerprint density at radius 2 is 2.04 bits per heavy atom. The standard InChI is InChI=1S/C32H29ClFN9O4/c1-47-32(46)37-22-6-7-23-25(15-22)38-29(44)10-3-19-12-18(2-8-24(19)34)13-26(31-35-16-27(23)40-31)39-30(45)11-4-20-14-21(33)5-9-28(20)43-17-36-41-42-43/h2,4-9,11-12,14-17,26,29,38,44H,3,10,13H2,1H3,(H,35,40)(H,37,46)(H,39,45)/b11-4+/t26-,29?/m0/s1. The summed E-state index contributed by atoms with van der Waals surface area (Å²) in [5.41, 5.74) is 4.56. The Kier molecular flexibility index (Phi) is 9.22. The molecule has 5 aromatic rings. The molecule has 2 aromatic heterocycles. The fraction of sp³-hybridized carbons (Fsp3) is 0.188. The van der Waals surface area contributed by atoms with Gasteiger partial charge in [-0.15, -0.1) is 5.10 Å². The number of benzene rings is 3. The molecule has 13 nitrogen and oxygen atoms in total. The number of rotatable bonds is 5. The van der Waals surface area contributed by atoms with Crippen LogP contribution < -0.4 is 16.0 Å². The van der Waals surface area contributed by atoms with E-state index in [0.29, 0.717) is 56.7 Å². The highest BCUT2D eigenvalue weighted by molar-refractivity contribution is 6.30. The van der Waals surface area contributed by atoms with E-state index in [1.54, 1.807) is 60.8 Å². The van der Waals surface area contributed by atoms with Gasteiger partial charge in [0.15, 0.2) is 0 Å². The lowest BCUT2D eigenvalue weighted by Gasteiger charge is -2.20. The van der Waals surface area contributed by atoms with Crippen molar-refractivity contribution in [2.45, 2.75) is 31.5 Å². The van der Waals surface area contributed by atoms with Gasteiger partial charge in [0.05, 0.1) is 30.7 Å². The molecule has 0 saturated heterocycles. The molecule has 4 bridgehead atoms. The fourth-order valence-corrected chi connectivity index (χ4v) is 5.44. The van der Waals surface area contributed by atoms with E-state index in [-0.39, 0.29) is 12.8 Å². The lowest BCUT2D eigenvalue weighted by molar-refractivity contribution is -0.117.